The van der Waals surface area contributed by atoms with E-state index >= 15 is 0 Å². The molecule has 1 atom stereocenters. The minimum absolute atomic E-state index is 0.225. The van der Waals surface area contributed by atoms with Crippen molar-refractivity contribution in [2.75, 3.05) is 19.8 Å². The van der Waals surface area contributed by atoms with Gasteiger partial charge in [-0.2, -0.15) is 0 Å². The molecule has 0 spiro atoms. The summed E-state index contributed by atoms with van der Waals surface area (Å²) in [5.41, 5.74) is 1.30. The van der Waals surface area contributed by atoms with E-state index in [2.05, 4.69) is 15.9 Å². The Labute approximate surface area is 126 Å². The van der Waals surface area contributed by atoms with E-state index in [4.69, 9.17) is 14.2 Å². The fourth-order valence-electron chi connectivity index (χ4n) is 2.15. The third kappa shape index (κ3) is 2.76. The molecule has 6 heteroatoms. The van der Waals surface area contributed by atoms with Gasteiger partial charge in [0.15, 0.2) is 17.6 Å². The topological polar surface area (TPSA) is 65.0 Å². The van der Waals surface area contributed by atoms with Gasteiger partial charge < -0.3 is 19.3 Å². The van der Waals surface area contributed by atoms with Crippen molar-refractivity contribution in [1.29, 1.82) is 0 Å². The third-order valence-corrected chi connectivity index (χ3v) is 3.91. The quantitative estimate of drug-likeness (QED) is 0.849. The van der Waals surface area contributed by atoms with Gasteiger partial charge in [-0.3, -0.25) is 0 Å². The number of aliphatic hydroxyl groups is 1. The highest BCUT2D eigenvalue weighted by atomic mass is 79.9. The largest absolute Gasteiger partial charge is 0.486 e. The van der Waals surface area contributed by atoms with Crippen LogP contribution in [0.5, 0.6) is 11.5 Å². The van der Waals surface area contributed by atoms with Gasteiger partial charge in [-0.05, 0) is 46.5 Å². The van der Waals surface area contributed by atoms with Crippen LogP contribution in [-0.2, 0) is 16.0 Å². The molecule has 1 aliphatic heterocycles. The first kappa shape index (κ1) is 15.1. The average molecular weight is 345 g/mol. The fraction of sp³-hybridized carbons (Fsp3) is 0.500. The number of ether oxygens (including phenoxy) is 3. The molecular formula is C14H17BrO5. The van der Waals surface area contributed by atoms with Gasteiger partial charge in [-0.15, -0.1) is 0 Å². The first-order chi connectivity index (χ1) is 9.60. The van der Waals surface area contributed by atoms with Crippen molar-refractivity contribution < 1.29 is 24.1 Å². The van der Waals surface area contributed by atoms with Crippen LogP contribution in [0.1, 0.15) is 31.1 Å². The van der Waals surface area contributed by atoms with E-state index in [0.29, 0.717) is 36.7 Å². The minimum Gasteiger partial charge on any atom is -0.486 e. The van der Waals surface area contributed by atoms with Gasteiger partial charge in [0.25, 0.3) is 0 Å². The van der Waals surface area contributed by atoms with E-state index in [1.807, 2.05) is 6.92 Å². The smallest absolute Gasteiger partial charge is 0.339 e. The van der Waals surface area contributed by atoms with Crippen molar-refractivity contribution in [3.8, 4) is 11.5 Å². The molecule has 0 amide bonds. The molecule has 0 aromatic heterocycles. The normalized spacial score (nSPS) is 14.8. The van der Waals surface area contributed by atoms with Crippen molar-refractivity contribution in [1.82, 2.24) is 0 Å². The molecule has 5 nitrogen and oxygen atoms in total. The highest BCUT2D eigenvalue weighted by molar-refractivity contribution is 9.10. The van der Waals surface area contributed by atoms with E-state index in [9.17, 15) is 9.90 Å². The van der Waals surface area contributed by atoms with Gasteiger partial charge >= 0.3 is 5.97 Å². The molecule has 1 aromatic rings. The first-order valence-electron chi connectivity index (χ1n) is 6.55. The van der Waals surface area contributed by atoms with Crippen LogP contribution >= 0.6 is 15.9 Å². The Kier molecular flexibility index (Phi) is 4.88. The van der Waals surface area contributed by atoms with E-state index in [0.717, 1.165) is 10.0 Å². The zero-order valence-electron chi connectivity index (χ0n) is 11.4. The summed E-state index contributed by atoms with van der Waals surface area (Å²) in [6.07, 6.45) is -0.680. The second-order valence-electron chi connectivity index (χ2n) is 4.29. The van der Waals surface area contributed by atoms with Gasteiger partial charge in [-0.1, -0.05) is 6.92 Å². The van der Waals surface area contributed by atoms with E-state index in [1.54, 1.807) is 13.0 Å². The molecule has 0 radical (unpaired) electrons. The van der Waals surface area contributed by atoms with Crippen LogP contribution < -0.4 is 9.47 Å². The number of hydrogen-bond acceptors (Lipinski definition) is 5. The van der Waals surface area contributed by atoms with Crippen molar-refractivity contribution in [3.05, 3.63) is 21.7 Å². The minimum atomic E-state index is -1.32. The molecular weight excluding hydrogens is 328 g/mol. The van der Waals surface area contributed by atoms with Crippen molar-refractivity contribution in [3.63, 3.8) is 0 Å². The molecule has 20 heavy (non-hydrogen) atoms. The van der Waals surface area contributed by atoms with Gasteiger partial charge in [0.1, 0.15) is 13.2 Å². The maximum Gasteiger partial charge on any atom is 0.339 e. The number of esters is 1. The molecule has 2 rings (SSSR count). The number of benzene rings is 1. The molecule has 0 fully saturated rings. The summed E-state index contributed by atoms with van der Waals surface area (Å²) in [5.74, 6) is 0.484. The highest BCUT2D eigenvalue weighted by Crippen LogP contribution is 2.43. The molecule has 0 saturated carbocycles. The second-order valence-corrected chi connectivity index (χ2v) is 5.08. The summed E-state index contributed by atoms with van der Waals surface area (Å²) in [4.78, 5) is 11.7. The summed E-state index contributed by atoms with van der Waals surface area (Å²) >= 11 is 3.47. The molecule has 1 N–H and O–H groups in total. The Hall–Kier alpha value is -1.27. The third-order valence-electron chi connectivity index (χ3n) is 3.07. The van der Waals surface area contributed by atoms with Gasteiger partial charge in [0.05, 0.1) is 11.1 Å². The van der Waals surface area contributed by atoms with Crippen LogP contribution in [0.25, 0.3) is 0 Å². The van der Waals surface area contributed by atoms with Crippen LogP contribution in [0.4, 0.5) is 0 Å². The Bertz CT molecular complexity index is 515. The zero-order valence-corrected chi connectivity index (χ0v) is 13.0. The number of halogens is 1. The van der Waals surface area contributed by atoms with Crippen molar-refractivity contribution in [2.24, 2.45) is 0 Å². The monoisotopic (exact) mass is 344 g/mol. The molecule has 1 unspecified atom stereocenters. The van der Waals surface area contributed by atoms with E-state index in [1.165, 1.54) is 0 Å². The van der Waals surface area contributed by atoms with Crippen LogP contribution in [0.2, 0.25) is 0 Å². The molecule has 1 aliphatic rings. The number of fused-ring (bicyclic) bond motifs is 1. The van der Waals surface area contributed by atoms with Gasteiger partial charge in [-0.25, -0.2) is 4.79 Å². The number of carbonyl (C=O) groups is 1. The van der Waals surface area contributed by atoms with E-state index < -0.39 is 12.1 Å². The Morgan fingerprint density at radius 3 is 2.80 bits per heavy atom. The summed E-state index contributed by atoms with van der Waals surface area (Å²) in [7, 11) is 0. The summed E-state index contributed by atoms with van der Waals surface area (Å²) < 4.78 is 16.7. The average Bonchev–Trinajstić information content (AvgIpc) is 2.46. The molecule has 1 aromatic carbocycles. The second kappa shape index (κ2) is 6.45. The standard InChI is InChI=1S/C14H17BrO5/c1-3-8-9(12(16)14(17)18-4-2)7-10-13(11(8)15)20-6-5-19-10/h7,12,16H,3-6H2,1-2H3. The van der Waals surface area contributed by atoms with Crippen LogP contribution in [0.15, 0.2) is 10.5 Å². The Morgan fingerprint density at radius 2 is 2.15 bits per heavy atom. The number of hydrogen-bond donors (Lipinski definition) is 1. The Balaban J connectivity index is 2.46. The van der Waals surface area contributed by atoms with Crippen LogP contribution in [0, 0.1) is 0 Å². The van der Waals surface area contributed by atoms with Gasteiger partial charge in [0.2, 0.25) is 0 Å². The predicted molar refractivity (Wildman–Crippen MR) is 76.1 cm³/mol. The lowest BCUT2D eigenvalue weighted by Crippen LogP contribution is -2.20. The number of rotatable bonds is 4. The number of aliphatic hydroxyl groups excluding tert-OH is 1. The lowest BCUT2D eigenvalue weighted by Gasteiger charge is -2.24. The summed E-state index contributed by atoms with van der Waals surface area (Å²) in [6.45, 7) is 4.79. The van der Waals surface area contributed by atoms with Crippen molar-refractivity contribution >= 4 is 21.9 Å². The van der Waals surface area contributed by atoms with E-state index in [-0.39, 0.29) is 6.61 Å². The fourth-order valence-corrected chi connectivity index (χ4v) is 2.97. The SMILES string of the molecule is CCOC(=O)C(O)c1cc2c(c(Br)c1CC)OCCO2. The maximum atomic E-state index is 11.7. The summed E-state index contributed by atoms with van der Waals surface area (Å²) in [5, 5.41) is 10.2. The molecule has 0 saturated heterocycles. The predicted octanol–water partition coefficient (Wildman–Crippen LogP) is 2.38. The highest BCUT2D eigenvalue weighted by Gasteiger charge is 2.27. The first-order valence-corrected chi connectivity index (χ1v) is 7.35. The van der Waals surface area contributed by atoms with Crippen LogP contribution in [-0.4, -0.2) is 30.9 Å². The molecule has 1 heterocycles. The summed E-state index contributed by atoms with van der Waals surface area (Å²) in [6, 6.07) is 1.65. The van der Waals surface area contributed by atoms with Crippen LogP contribution in [0.3, 0.4) is 0 Å². The van der Waals surface area contributed by atoms with Gasteiger partial charge in [0, 0.05) is 0 Å². The molecule has 0 bridgehead atoms. The Morgan fingerprint density at radius 1 is 1.45 bits per heavy atom. The molecule has 0 aliphatic carbocycles. The maximum absolute atomic E-state index is 11.7. The number of carbonyl (C=O) groups excluding carboxylic acids is 1. The van der Waals surface area contributed by atoms with Crippen molar-refractivity contribution in [2.45, 2.75) is 26.4 Å². The molecule has 110 valence electrons. The lowest BCUT2D eigenvalue weighted by atomic mass is 9.99. The zero-order chi connectivity index (χ0) is 14.7. The lowest BCUT2D eigenvalue weighted by molar-refractivity contribution is -0.153.